The van der Waals surface area contributed by atoms with Crippen molar-refractivity contribution >= 4 is 11.7 Å². The predicted molar refractivity (Wildman–Crippen MR) is 38.8 cm³/mol. The molecule has 0 saturated heterocycles. The van der Waals surface area contributed by atoms with Gasteiger partial charge < -0.3 is 5.32 Å². The van der Waals surface area contributed by atoms with Gasteiger partial charge in [0.25, 0.3) is 0 Å². The van der Waals surface area contributed by atoms with E-state index in [0.717, 1.165) is 6.42 Å². The van der Waals surface area contributed by atoms with Gasteiger partial charge in [0.2, 0.25) is 5.91 Å². The first-order chi connectivity index (χ1) is 5.18. The van der Waals surface area contributed by atoms with Crippen molar-refractivity contribution in [1.29, 1.82) is 0 Å². The lowest BCUT2D eigenvalue weighted by Gasteiger charge is -2.10. The van der Waals surface area contributed by atoms with Gasteiger partial charge in [-0.15, -0.1) is 0 Å². The Morgan fingerprint density at radius 2 is 2.36 bits per heavy atom. The van der Waals surface area contributed by atoms with Gasteiger partial charge in [-0.2, -0.15) is 0 Å². The lowest BCUT2D eigenvalue weighted by atomic mass is 10.1. The molecule has 3 nitrogen and oxygen atoms in total. The number of Topliss-reactive ketones (excluding diaryl/α,β-unsaturated/α-hetero) is 1. The molecule has 0 spiro atoms. The average molecular weight is 153 g/mol. The van der Waals surface area contributed by atoms with Crippen molar-refractivity contribution in [1.82, 2.24) is 5.32 Å². The molecule has 2 aliphatic rings. The van der Waals surface area contributed by atoms with Gasteiger partial charge in [0.15, 0.2) is 5.78 Å². The molecule has 0 heterocycles. The molecule has 0 aromatic rings. The van der Waals surface area contributed by atoms with Crippen LogP contribution >= 0.6 is 0 Å². The summed E-state index contributed by atoms with van der Waals surface area (Å²) in [5.41, 5.74) is 0. The van der Waals surface area contributed by atoms with Gasteiger partial charge in [-0.3, -0.25) is 9.59 Å². The van der Waals surface area contributed by atoms with Crippen LogP contribution in [0.4, 0.5) is 0 Å². The maximum absolute atomic E-state index is 11.1. The van der Waals surface area contributed by atoms with Crippen LogP contribution in [-0.4, -0.2) is 17.7 Å². The number of fused-ring (bicyclic) bond motifs is 1. The minimum Gasteiger partial charge on any atom is -0.346 e. The second-order valence-electron chi connectivity index (χ2n) is 3.51. The van der Waals surface area contributed by atoms with E-state index in [-0.39, 0.29) is 17.7 Å². The zero-order valence-electron chi connectivity index (χ0n) is 6.46. The van der Waals surface area contributed by atoms with Crippen molar-refractivity contribution in [2.75, 3.05) is 0 Å². The summed E-state index contributed by atoms with van der Waals surface area (Å²) in [5.74, 6) is 1.21. The maximum Gasteiger partial charge on any atom is 0.217 e. The molecule has 2 fully saturated rings. The second-order valence-corrected chi connectivity index (χ2v) is 3.51. The molecule has 3 heteroatoms. The summed E-state index contributed by atoms with van der Waals surface area (Å²) in [4.78, 5) is 21.8. The van der Waals surface area contributed by atoms with E-state index < -0.39 is 0 Å². The number of carbonyl (C=O) groups excluding carboxylic acids is 2. The van der Waals surface area contributed by atoms with Crippen molar-refractivity contribution in [3.8, 4) is 0 Å². The van der Waals surface area contributed by atoms with Gasteiger partial charge in [0.05, 0.1) is 6.04 Å². The first-order valence-electron chi connectivity index (χ1n) is 3.98. The maximum atomic E-state index is 11.1. The molecule has 60 valence electrons. The Morgan fingerprint density at radius 3 is 2.82 bits per heavy atom. The third-order valence-electron chi connectivity index (χ3n) is 2.57. The van der Waals surface area contributed by atoms with Gasteiger partial charge in [0, 0.05) is 13.3 Å². The fourth-order valence-corrected chi connectivity index (χ4v) is 1.94. The zero-order chi connectivity index (χ0) is 8.01. The Kier molecular flexibility index (Phi) is 1.28. The highest BCUT2D eigenvalue weighted by molar-refractivity contribution is 5.92. The van der Waals surface area contributed by atoms with Gasteiger partial charge in [0.1, 0.15) is 0 Å². The van der Waals surface area contributed by atoms with Crippen molar-refractivity contribution in [2.45, 2.75) is 25.8 Å². The standard InChI is InChI=1S/C8H11NO2/c1-4(10)9-8-6-2-5(6)3-7(8)11/h5-6,8H,2-3H2,1H3,(H,9,10). The van der Waals surface area contributed by atoms with Crippen LogP contribution in [0.15, 0.2) is 0 Å². The molecule has 2 rings (SSSR count). The minimum absolute atomic E-state index is 0.0871. The molecule has 3 unspecified atom stereocenters. The molecule has 2 saturated carbocycles. The minimum atomic E-state index is -0.141. The monoisotopic (exact) mass is 153 g/mol. The summed E-state index contributed by atoms with van der Waals surface area (Å²) >= 11 is 0. The predicted octanol–water partition coefficient (Wildman–Crippen LogP) is 0.1000. The van der Waals surface area contributed by atoms with Crippen molar-refractivity contribution in [3.05, 3.63) is 0 Å². The van der Waals surface area contributed by atoms with E-state index >= 15 is 0 Å². The number of hydrogen-bond acceptors (Lipinski definition) is 2. The average Bonchev–Trinajstić information content (AvgIpc) is 2.56. The largest absolute Gasteiger partial charge is 0.346 e. The quantitative estimate of drug-likeness (QED) is 0.580. The van der Waals surface area contributed by atoms with Gasteiger partial charge in [-0.25, -0.2) is 0 Å². The second kappa shape index (κ2) is 2.06. The smallest absolute Gasteiger partial charge is 0.217 e. The summed E-state index contributed by atoms with van der Waals surface area (Å²) in [6.07, 6.45) is 1.83. The Labute approximate surface area is 65.2 Å². The molecule has 0 aromatic heterocycles. The third kappa shape index (κ3) is 1.04. The number of hydrogen-bond donors (Lipinski definition) is 1. The van der Waals surface area contributed by atoms with Crippen molar-refractivity contribution in [3.63, 3.8) is 0 Å². The first kappa shape index (κ1) is 6.83. The summed E-state index contributed by atoms with van der Waals surface area (Å²) in [6.45, 7) is 1.46. The van der Waals surface area contributed by atoms with Crippen LogP contribution in [0.1, 0.15) is 19.8 Å². The highest BCUT2D eigenvalue weighted by Gasteiger charge is 2.53. The van der Waals surface area contributed by atoms with E-state index in [2.05, 4.69) is 5.32 Å². The lowest BCUT2D eigenvalue weighted by Crippen LogP contribution is -2.38. The summed E-state index contributed by atoms with van der Waals surface area (Å²) in [6, 6.07) is -0.141. The van der Waals surface area contributed by atoms with Gasteiger partial charge in [-0.1, -0.05) is 0 Å². The molecule has 0 radical (unpaired) electrons. The highest BCUT2D eigenvalue weighted by atomic mass is 16.2. The number of nitrogens with one attached hydrogen (secondary N) is 1. The van der Waals surface area contributed by atoms with Crippen LogP contribution in [0.25, 0.3) is 0 Å². The Balaban J connectivity index is 2.01. The van der Waals surface area contributed by atoms with Gasteiger partial charge in [-0.05, 0) is 18.3 Å². The van der Waals surface area contributed by atoms with Crippen molar-refractivity contribution in [2.24, 2.45) is 11.8 Å². The zero-order valence-corrected chi connectivity index (χ0v) is 6.46. The molecular formula is C8H11NO2. The van der Waals surface area contributed by atoms with Crippen LogP contribution < -0.4 is 5.32 Å². The third-order valence-corrected chi connectivity index (χ3v) is 2.57. The fourth-order valence-electron chi connectivity index (χ4n) is 1.94. The van der Waals surface area contributed by atoms with E-state index in [1.807, 2.05) is 0 Å². The molecule has 2 aliphatic carbocycles. The molecule has 3 atom stereocenters. The number of amides is 1. The molecule has 0 aromatic carbocycles. The molecule has 0 bridgehead atoms. The molecule has 0 aliphatic heterocycles. The molecule has 1 amide bonds. The van der Waals surface area contributed by atoms with E-state index in [0.29, 0.717) is 18.3 Å². The van der Waals surface area contributed by atoms with Crippen LogP contribution in [0.2, 0.25) is 0 Å². The molecule has 11 heavy (non-hydrogen) atoms. The lowest BCUT2D eigenvalue weighted by molar-refractivity contribution is -0.126. The highest BCUT2D eigenvalue weighted by Crippen LogP contribution is 2.49. The number of carbonyl (C=O) groups is 2. The van der Waals surface area contributed by atoms with Crippen LogP contribution in [0.3, 0.4) is 0 Å². The van der Waals surface area contributed by atoms with Crippen LogP contribution in [0, 0.1) is 11.8 Å². The molecular weight excluding hydrogens is 142 g/mol. The Hall–Kier alpha value is -0.860. The van der Waals surface area contributed by atoms with E-state index in [9.17, 15) is 9.59 Å². The number of rotatable bonds is 1. The summed E-state index contributed by atoms with van der Waals surface area (Å²) in [5, 5.41) is 2.69. The number of ketones is 1. The van der Waals surface area contributed by atoms with Crippen molar-refractivity contribution < 1.29 is 9.59 Å². The van der Waals surface area contributed by atoms with E-state index in [1.54, 1.807) is 0 Å². The first-order valence-corrected chi connectivity index (χ1v) is 3.98. The van der Waals surface area contributed by atoms with Crippen LogP contribution in [-0.2, 0) is 9.59 Å². The topological polar surface area (TPSA) is 46.2 Å². The van der Waals surface area contributed by atoms with Gasteiger partial charge >= 0.3 is 0 Å². The Morgan fingerprint density at radius 1 is 1.64 bits per heavy atom. The SMILES string of the molecule is CC(=O)NC1C(=O)CC2CC21. The summed E-state index contributed by atoms with van der Waals surface area (Å²) < 4.78 is 0. The van der Waals surface area contributed by atoms with E-state index in [4.69, 9.17) is 0 Å². The molecule has 1 N–H and O–H groups in total. The Bertz CT molecular complexity index is 224. The summed E-state index contributed by atoms with van der Waals surface area (Å²) in [7, 11) is 0. The van der Waals surface area contributed by atoms with Crippen LogP contribution in [0.5, 0.6) is 0 Å². The fraction of sp³-hybridized carbons (Fsp3) is 0.750. The normalized spacial score (nSPS) is 40.1. The van der Waals surface area contributed by atoms with E-state index in [1.165, 1.54) is 6.92 Å².